The summed E-state index contributed by atoms with van der Waals surface area (Å²) in [5.74, 6) is 1.00. The maximum absolute atomic E-state index is 6.03. The molecule has 1 aliphatic carbocycles. The topological polar surface area (TPSA) is 32.5 Å². The minimum atomic E-state index is 0.224. The van der Waals surface area contributed by atoms with Gasteiger partial charge < -0.3 is 10.6 Å². The summed E-state index contributed by atoms with van der Waals surface area (Å²) >= 11 is 0. The van der Waals surface area contributed by atoms with Crippen molar-refractivity contribution in [2.45, 2.75) is 39.2 Å². The number of nitrogens with two attached hydrogens (primary N) is 1. The lowest BCUT2D eigenvalue weighted by Crippen LogP contribution is -2.47. The van der Waals surface area contributed by atoms with Gasteiger partial charge in [0.2, 0.25) is 0 Å². The molecule has 0 amide bonds. The summed E-state index contributed by atoms with van der Waals surface area (Å²) in [5.41, 5.74) is 10.2. The molecule has 2 aliphatic rings. The van der Waals surface area contributed by atoms with Gasteiger partial charge in [-0.3, -0.25) is 4.90 Å². The first-order valence-corrected chi connectivity index (χ1v) is 8.44. The van der Waals surface area contributed by atoms with E-state index in [1.165, 1.54) is 49.3 Å². The molecular formula is C18H29N3. The molecule has 0 bridgehead atoms. The number of hydrogen-bond acceptors (Lipinski definition) is 3. The zero-order chi connectivity index (χ0) is 14.8. The zero-order valence-corrected chi connectivity index (χ0v) is 13.5. The molecule has 21 heavy (non-hydrogen) atoms. The Morgan fingerprint density at radius 1 is 1.19 bits per heavy atom. The third-order valence-electron chi connectivity index (χ3n) is 4.70. The van der Waals surface area contributed by atoms with E-state index in [0.29, 0.717) is 0 Å². The molecule has 1 unspecified atom stereocenters. The molecule has 3 heteroatoms. The van der Waals surface area contributed by atoms with Gasteiger partial charge in [0.1, 0.15) is 0 Å². The molecule has 1 heterocycles. The molecule has 2 fully saturated rings. The summed E-state index contributed by atoms with van der Waals surface area (Å²) in [7, 11) is 0. The number of aryl methyl sites for hydroxylation is 1. The Balaban J connectivity index is 1.66. The first kappa shape index (κ1) is 14.9. The second kappa shape index (κ2) is 6.37. The third kappa shape index (κ3) is 3.98. The number of anilines is 1. The van der Waals surface area contributed by atoms with E-state index in [9.17, 15) is 0 Å². The van der Waals surface area contributed by atoms with Crippen LogP contribution in [0.25, 0.3) is 0 Å². The number of benzene rings is 1. The van der Waals surface area contributed by atoms with Gasteiger partial charge in [-0.25, -0.2) is 0 Å². The number of nitrogens with zero attached hydrogens (tertiary/aromatic N) is 2. The highest BCUT2D eigenvalue weighted by molar-refractivity contribution is 5.55. The highest BCUT2D eigenvalue weighted by Crippen LogP contribution is 2.30. The van der Waals surface area contributed by atoms with E-state index in [1.54, 1.807) is 0 Å². The average Bonchev–Trinajstić information content (AvgIpc) is 3.23. The van der Waals surface area contributed by atoms with Gasteiger partial charge in [0.15, 0.2) is 0 Å². The molecule has 1 aromatic carbocycles. The van der Waals surface area contributed by atoms with Gasteiger partial charge in [-0.05, 0) is 50.7 Å². The van der Waals surface area contributed by atoms with Crippen molar-refractivity contribution in [1.29, 1.82) is 0 Å². The van der Waals surface area contributed by atoms with Crippen molar-refractivity contribution < 1.29 is 0 Å². The summed E-state index contributed by atoms with van der Waals surface area (Å²) in [6.45, 7) is 10.3. The van der Waals surface area contributed by atoms with Gasteiger partial charge in [-0.1, -0.05) is 17.7 Å². The van der Waals surface area contributed by atoms with Crippen LogP contribution in [0.2, 0.25) is 0 Å². The van der Waals surface area contributed by atoms with Crippen LogP contribution in [0.5, 0.6) is 0 Å². The Labute approximate surface area is 129 Å². The molecule has 0 spiro atoms. The first-order chi connectivity index (χ1) is 10.1. The van der Waals surface area contributed by atoms with Gasteiger partial charge in [-0.15, -0.1) is 0 Å². The molecule has 0 radical (unpaired) electrons. The van der Waals surface area contributed by atoms with Crippen LogP contribution in [0.4, 0.5) is 5.69 Å². The van der Waals surface area contributed by atoms with E-state index in [1.807, 2.05) is 0 Å². The van der Waals surface area contributed by atoms with Crippen molar-refractivity contribution in [2.24, 2.45) is 11.7 Å². The smallest absolute Gasteiger partial charge is 0.0400 e. The zero-order valence-electron chi connectivity index (χ0n) is 13.5. The van der Waals surface area contributed by atoms with Crippen molar-refractivity contribution in [3.8, 4) is 0 Å². The van der Waals surface area contributed by atoms with Gasteiger partial charge in [0.05, 0.1) is 0 Å². The van der Waals surface area contributed by atoms with Crippen LogP contribution in [0.15, 0.2) is 18.2 Å². The molecule has 1 saturated heterocycles. The van der Waals surface area contributed by atoms with Crippen LogP contribution in [0, 0.1) is 12.8 Å². The van der Waals surface area contributed by atoms with Gasteiger partial charge in [0, 0.05) is 44.5 Å². The standard InChI is InChI=1S/C18H29N3/c1-14-3-6-18(17(11-14)12-15(2)19)21-9-7-20(8-10-21)13-16-4-5-16/h3,6,11,15-16H,4-5,7-10,12-13,19H2,1-2H3. The highest BCUT2D eigenvalue weighted by atomic mass is 15.3. The third-order valence-corrected chi connectivity index (χ3v) is 4.70. The van der Waals surface area contributed by atoms with Crippen LogP contribution < -0.4 is 10.6 Å². The van der Waals surface area contributed by atoms with Crippen LogP contribution in [0.1, 0.15) is 30.9 Å². The molecule has 3 rings (SSSR count). The molecule has 0 aromatic heterocycles. The lowest BCUT2D eigenvalue weighted by molar-refractivity contribution is 0.248. The molecule has 1 atom stereocenters. The predicted molar refractivity (Wildman–Crippen MR) is 89.9 cm³/mol. The van der Waals surface area contributed by atoms with Gasteiger partial charge in [-0.2, -0.15) is 0 Å². The quantitative estimate of drug-likeness (QED) is 0.903. The lowest BCUT2D eigenvalue weighted by Gasteiger charge is -2.37. The maximum Gasteiger partial charge on any atom is 0.0400 e. The molecule has 3 nitrogen and oxygen atoms in total. The Morgan fingerprint density at radius 3 is 2.52 bits per heavy atom. The van der Waals surface area contributed by atoms with Gasteiger partial charge in [0.25, 0.3) is 0 Å². The predicted octanol–water partition coefficient (Wildman–Crippen LogP) is 2.42. The lowest BCUT2D eigenvalue weighted by atomic mass is 10.0. The van der Waals surface area contributed by atoms with E-state index >= 15 is 0 Å². The summed E-state index contributed by atoms with van der Waals surface area (Å²) in [6.07, 6.45) is 3.88. The normalized spacial score (nSPS) is 21.6. The van der Waals surface area contributed by atoms with Crippen molar-refractivity contribution in [3.63, 3.8) is 0 Å². The van der Waals surface area contributed by atoms with E-state index in [0.717, 1.165) is 25.4 Å². The molecule has 1 aliphatic heterocycles. The van der Waals surface area contributed by atoms with Crippen molar-refractivity contribution in [1.82, 2.24) is 4.90 Å². The summed E-state index contributed by atoms with van der Waals surface area (Å²) in [4.78, 5) is 5.20. The summed E-state index contributed by atoms with van der Waals surface area (Å²) < 4.78 is 0. The van der Waals surface area contributed by atoms with Crippen LogP contribution in [-0.2, 0) is 6.42 Å². The minimum Gasteiger partial charge on any atom is -0.369 e. The molecular weight excluding hydrogens is 258 g/mol. The second-order valence-electron chi connectivity index (χ2n) is 7.04. The van der Waals surface area contributed by atoms with Crippen LogP contribution >= 0.6 is 0 Å². The fourth-order valence-corrected chi connectivity index (χ4v) is 3.37. The maximum atomic E-state index is 6.03. The monoisotopic (exact) mass is 287 g/mol. The molecule has 2 N–H and O–H groups in total. The van der Waals surface area contributed by atoms with E-state index in [4.69, 9.17) is 5.73 Å². The number of hydrogen-bond donors (Lipinski definition) is 1. The van der Waals surface area contributed by atoms with Crippen LogP contribution in [-0.4, -0.2) is 43.7 Å². The van der Waals surface area contributed by atoms with E-state index in [-0.39, 0.29) is 6.04 Å². The molecule has 1 aromatic rings. The second-order valence-corrected chi connectivity index (χ2v) is 7.04. The van der Waals surface area contributed by atoms with Crippen molar-refractivity contribution in [3.05, 3.63) is 29.3 Å². The summed E-state index contributed by atoms with van der Waals surface area (Å²) in [5, 5.41) is 0. The fraction of sp³-hybridized carbons (Fsp3) is 0.667. The van der Waals surface area contributed by atoms with Gasteiger partial charge >= 0.3 is 0 Å². The summed E-state index contributed by atoms with van der Waals surface area (Å²) in [6, 6.07) is 7.07. The molecule has 116 valence electrons. The first-order valence-electron chi connectivity index (χ1n) is 8.44. The van der Waals surface area contributed by atoms with Crippen LogP contribution in [0.3, 0.4) is 0 Å². The van der Waals surface area contributed by atoms with Crippen molar-refractivity contribution in [2.75, 3.05) is 37.6 Å². The Kier molecular flexibility index (Phi) is 4.51. The minimum absolute atomic E-state index is 0.224. The Hall–Kier alpha value is -1.06. The molecule has 1 saturated carbocycles. The Bertz CT molecular complexity index is 471. The fourth-order valence-electron chi connectivity index (χ4n) is 3.37. The number of piperazine rings is 1. The highest BCUT2D eigenvalue weighted by Gasteiger charge is 2.26. The Morgan fingerprint density at radius 2 is 1.90 bits per heavy atom. The number of rotatable bonds is 5. The van der Waals surface area contributed by atoms with Crippen molar-refractivity contribution >= 4 is 5.69 Å². The largest absolute Gasteiger partial charge is 0.369 e. The van der Waals surface area contributed by atoms with E-state index in [2.05, 4.69) is 41.8 Å². The van der Waals surface area contributed by atoms with E-state index < -0.39 is 0 Å². The SMILES string of the molecule is Cc1ccc(N2CCN(CC3CC3)CC2)c(CC(C)N)c1. The average molecular weight is 287 g/mol.